The van der Waals surface area contributed by atoms with E-state index in [2.05, 4.69) is 19.2 Å². The van der Waals surface area contributed by atoms with Crippen LogP contribution >= 0.6 is 34.8 Å². The zero-order valence-corrected chi connectivity index (χ0v) is 14.1. The van der Waals surface area contributed by atoms with E-state index in [-0.39, 0.29) is 0 Å². The van der Waals surface area contributed by atoms with Gasteiger partial charge in [0.25, 0.3) is 0 Å². The van der Waals surface area contributed by atoms with Crippen LogP contribution in [0.15, 0.2) is 36.4 Å². The monoisotopic (exact) mass is 343 g/mol. The van der Waals surface area contributed by atoms with Crippen molar-refractivity contribution in [2.75, 3.05) is 0 Å². The first-order valence-corrected chi connectivity index (χ1v) is 7.75. The van der Waals surface area contributed by atoms with Crippen molar-refractivity contribution in [2.45, 2.75) is 26.4 Å². The van der Waals surface area contributed by atoms with Gasteiger partial charge >= 0.3 is 0 Å². The molecule has 0 unspecified atom stereocenters. The van der Waals surface area contributed by atoms with E-state index < -0.39 is 0 Å². The highest BCUT2D eigenvalue weighted by Gasteiger charge is 2.12. The maximum absolute atomic E-state index is 6.27. The van der Waals surface area contributed by atoms with Gasteiger partial charge in [0.1, 0.15) is 16.5 Å². The van der Waals surface area contributed by atoms with Crippen molar-refractivity contribution < 1.29 is 4.74 Å². The summed E-state index contributed by atoms with van der Waals surface area (Å²) in [6, 6.07) is 11.2. The van der Waals surface area contributed by atoms with Crippen molar-refractivity contribution in [3.63, 3.8) is 0 Å². The van der Waals surface area contributed by atoms with Crippen molar-refractivity contribution in [1.82, 2.24) is 5.32 Å². The first kappa shape index (κ1) is 16.4. The SMILES string of the molecule is CC(C)NCc1c(Cl)cccc1Oc1cccc(Cl)c1Cl. The van der Waals surface area contributed by atoms with E-state index in [0.29, 0.717) is 39.2 Å². The maximum Gasteiger partial charge on any atom is 0.147 e. The Morgan fingerprint density at radius 2 is 1.57 bits per heavy atom. The van der Waals surface area contributed by atoms with Crippen molar-refractivity contribution in [1.29, 1.82) is 0 Å². The Bertz CT molecular complexity index is 629. The molecule has 0 aliphatic rings. The largest absolute Gasteiger partial charge is 0.455 e. The summed E-state index contributed by atoms with van der Waals surface area (Å²) >= 11 is 18.4. The lowest BCUT2D eigenvalue weighted by atomic mass is 10.2. The molecule has 2 nitrogen and oxygen atoms in total. The molecule has 2 aromatic carbocycles. The summed E-state index contributed by atoms with van der Waals surface area (Å²) in [6.45, 7) is 4.77. The smallest absolute Gasteiger partial charge is 0.147 e. The fourth-order valence-electron chi connectivity index (χ4n) is 1.79. The molecule has 0 bridgehead atoms. The van der Waals surface area contributed by atoms with E-state index in [9.17, 15) is 0 Å². The summed E-state index contributed by atoms with van der Waals surface area (Å²) in [5.41, 5.74) is 0.893. The molecule has 0 saturated carbocycles. The van der Waals surface area contributed by atoms with E-state index >= 15 is 0 Å². The molecule has 21 heavy (non-hydrogen) atoms. The first-order valence-electron chi connectivity index (χ1n) is 6.61. The molecule has 0 aromatic heterocycles. The van der Waals surface area contributed by atoms with Gasteiger partial charge in [-0.15, -0.1) is 0 Å². The maximum atomic E-state index is 6.27. The van der Waals surface area contributed by atoms with E-state index in [1.807, 2.05) is 18.2 Å². The minimum Gasteiger partial charge on any atom is -0.455 e. The van der Waals surface area contributed by atoms with Gasteiger partial charge in [-0.2, -0.15) is 0 Å². The summed E-state index contributed by atoms with van der Waals surface area (Å²) in [5.74, 6) is 1.18. The van der Waals surface area contributed by atoms with Gasteiger partial charge in [0.05, 0.1) is 5.02 Å². The second-order valence-corrected chi connectivity index (χ2v) is 6.10. The topological polar surface area (TPSA) is 21.3 Å². The number of benzene rings is 2. The normalized spacial score (nSPS) is 11.0. The Morgan fingerprint density at radius 1 is 0.952 bits per heavy atom. The zero-order chi connectivity index (χ0) is 15.4. The summed E-state index contributed by atoms with van der Waals surface area (Å²) in [4.78, 5) is 0. The van der Waals surface area contributed by atoms with Crippen LogP contribution in [-0.2, 0) is 6.54 Å². The molecule has 2 aromatic rings. The summed E-state index contributed by atoms with van der Waals surface area (Å²) in [5, 5.41) is 4.83. The highest BCUT2D eigenvalue weighted by atomic mass is 35.5. The lowest BCUT2D eigenvalue weighted by molar-refractivity contribution is 0.470. The Labute approximate surface area is 140 Å². The summed E-state index contributed by atoms with van der Waals surface area (Å²) in [7, 11) is 0. The Kier molecular flexibility index (Phi) is 5.77. The van der Waals surface area contributed by atoms with Gasteiger partial charge in [-0.25, -0.2) is 0 Å². The number of hydrogen-bond donors (Lipinski definition) is 1. The van der Waals surface area contributed by atoms with Crippen LogP contribution in [0.2, 0.25) is 15.1 Å². The highest BCUT2D eigenvalue weighted by Crippen LogP contribution is 2.37. The molecule has 0 amide bonds. The van der Waals surface area contributed by atoms with Crippen LogP contribution < -0.4 is 10.1 Å². The molecule has 0 saturated heterocycles. The molecule has 0 radical (unpaired) electrons. The van der Waals surface area contributed by atoms with Gasteiger partial charge in [-0.05, 0) is 24.3 Å². The number of halogens is 3. The fourth-order valence-corrected chi connectivity index (χ4v) is 2.36. The van der Waals surface area contributed by atoms with Crippen molar-refractivity contribution in [2.24, 2.45) is 0 Å². The van der Waals surface area contributed by atoms with Crippen LogP contribution in [0.25, 0.3) is 0 Å². The molecule has 5 heteroatoms. The van der Waals surface area contributed by atoms with Crippen LogP contribution in [-0.4, -0.2) is 6.04 Å². The predicted molar refractivity (Wildman–Crippen MR) is 90.0 cm³/mol. The first-order chi connectivity index (χ1) is 9.99. The van der Waals surface area contributed by atoms with Gasteiger partial charge < -0.3 is 10.1 Å². The van der Waals surface area contributed by atoms with Gasteiger partial charge in [0, 0.05) is 23.2 Å². The molecule has 0 atom stereocenters. The minimum absolute atomic E-state index is 0.351. The lowest BCUT2D eigenvalue weighted by Gasteiger charge is -2.15. The van der Waals surface area contributed by atoms with E-state index in [1.54, 1.807) is 18.2 Å². The van der Waals surface area contributed by atoms with Gasteiger partial charge in [0.2, 0.25) is 0 Å². The van der Waals surface area contributed by atoms with Crippen molar-refractivity contribution in [3.8, 4) is 11.5 Å². The average molecular weight is 345 g/mol. The lowest BCUT2D eigenvalue weighted by Crippen LogP contribution is -2.22. The number of rotatable bonds is 5. The third-order valence-corrected chi connectivity index (χ3v) is 4.05. The number of ether oxygens (including phenoxy) is 1. The van der Waals surface area contributed by atoms with Gasteiger partial charge in [0.15, 0.2) is 0 Å². The molecular formula is C16H16Cl3NO. The third-order valence-electron chi connectivity index (χ3n) is 2.90. The van der Waals surface area contributed by atoms with Crippen molar-refractivity contribution in [3.05, 3.63) is 57.0 Å². The fraction of sp³-hybridized carbons (Fsp3) is 0.250. The molecule has 0 aliphatic heterocycles. The Balaban J connectivity index is 2.31. The molecule has 0 heterocycles. The van der Waals surface area contributed by atoms with Gasteiger partial charge in [-0.1, -0.05) is 60.8 Å². The molecule has 0 aliphatic carbocycles. The quantitative estimate of drug-likeness (QED) is 0.725. The standard InChI is InChI=1S/C16H16Cl3NO/c1-10(2)20-9-11-12(17)5-3-7-14(11)21-15-8-4-6-13(18)16(15)19/h3-8,10,20H,9H2,1-2H3. The molecule has 2 rings (SSSR count). The van der Waals surface area contributed by atoms with Crippen LogP contribution in [0.5, 0.6) is 11.5 Å². The minimum atomic E-state index is 0.351. The molecule has 0 fully saturated rings. The van der Waals surface area contributed by atoms with E-state index in [0.717, 1.165) is 5.56 Å². The highest BCUT2D eigenvalue weighted by molar-refractivity contribution is 6.42. The van der Waals surface area contributed by atoms with Crippen LogP contribution in [0.3, 0.4) is 0 Å². The molecular weight excluding hydrogens is 329 g/mol. The number of nitrogens with one attached hydrogen (secondary N) is 1. The third kappa shape index (κ3) is 4.27. The Hall–Kier alpha value is -0.930. The summed E-state index contributed by atoms with van der Waals surface area (Å²) in [6.07, 6.45) is 0. The average Bonchev–Trinajstić information content (AvgIpc) is 2.43. The van der Waals surface area contributed by atoms with E-state index in [4.69, 9.17) is 39.5 Å². The molecule has 112 valence electrons. The Morgan fingerprint density at radius 3 is 2.24 bits per heavy atom. The van der Waals surface area contributed by atoms with Crippen LogP contribution in [0, 0.1) is 0 Å². The van der Waals surface area contributed by atoms with E-state index in [1.165, 1.54) is 0 Å². The molecule has 0 spiro atoms. The second kappa shape index (κ2) is 7.37. The second-order valence-electron chi connectivity index (χ2n) is 4.91. The van der Waals surface area contributed by atoms with Gasteiger partial charge in [-0.3, -0.25) is 0 Å². The van der Waals surface area contributed by atoms with Crippen LogP contribution in [0.4, 0.5) is 0 Å². The van der Waals surface area contributed by atoms with Crippen LogP contribution in [0.1, 0.15) is 19.4 Å². The molecule has 1 N–H and O–H groups in total. The predicted octanol–water partition coefficient (Wildman–Crippen LogP) is 5.94. The number of hydrogen-bond acceptors (Lipinski definition) is 2. The zero-order valence-electron chi connectivity index (χ0n) is 11.8. The summed E-state index contributed by atoms with van der Waals surface area (Å²) < 4.78 is 5.89. The van der Waals surface area contributed by atoms with Crippen molar-refractivity contribution >= 4 is 34.8 Å².